The Balaban J connectivity index is 2.06. The number of halogens is 1. The monoisotopic (exact) mass is 280 g/mol. The van der Waals surface area contributed by atoms with Gasteiger partial charge < -0.3 is 14.4 Å². The minimum absolute atomic E-state index is 0.0854. The van der Waals surface area contributed by atoms with Crippen LogP contribution >= 0.6 is 0 Å². The Bertz CT molecular complexity index is 569. The van der Waals surface area contributed by atoms with Gasteiger partial charge in [0.2, 0.25) is 0 Å². The molecule has 0 amide bonds. The summed E-state index contributed by atoms with van der Waals surface area (Å²) in [6.07, 6.45) is 0.863. The molecule has 20 heavy (non-hydrogen) atoms. The van der Waals surface area contributed by atoms with E-state index in [-0.39, 0.29) is 6.61 Å². The van der Waals surface area contributed by atoms with Gasteiger partial charge >= 0.3 is 0 Å². The Hall–Kier alpha value is -1.95. The lowest BCUT2D eigenvalue weighted by atomic mass is 10.1. The Kier molecular flexibility index (Phi) is 4.68. The summed E-state index contributed by atoms with van der Waals surface area (Å²) < 4.78 is 23.7. The van der Waals surface area contributed by atoms with Crippen LogP contribution in [0, 0.1) is 5.82 Å². The van der Waals surface area contributed by atoms with E-state index >= 15 is 0 Å². The molecule has 0 aliphatic rings. The Labute approximate surface area is 116 Å². The first-order valence-corrected chi connectivity index (χ1v) is 6.52. The molecule has 0 aliphatic carbocycles. The molecule has 1 heterocycles. The van der Waals surface area contributed by atoms with Crippen molar-refractivity contribution >= 4 is 0 Å². The van der Waals surface area contributed by atoms with Gasteiger partial charge in [-0.1, -0.05) is 12.1 Å². The zero-order valence-corrected chi connectivity index (χ0v) is 11.5. The zero-order valence-electron chi connectivity index (χ0n) is 11.5. The van der Waals surface area contributed by atoms with Gasteiger partial charge in [0.25, 0.3) is 5.89 Å². The first-order valence-electron chi connectivity index (χ1n) is 6.52. The van der Waals surface area contributed by atoms with E-state index in [0.29, 0.717) is 23.0 Å². The van der Waals surface area contributed by atoms with E-state index in [9.17, 15) is 9.50 Å². The summed E-state index contributed by atoms with van der Waals surface area (Å²) in [4.78, 5) is 4.17. The predicted octanol–water partition coefficient (Wildman–Crippen LogP) is 2.79. The topological polar surface area (TPSA) is 68.4 Å². The maximum Gasteiger partial charge on any atom is 0.264 e. The molecule has 2 rings (SSSR count). The van der Waals surface area contributed by atoms with Crippen LogP contribution in [0.4, 0.5) is 4.39 Å². The average molecular weight is 280 g/mol. The van der Waals surface area contributed by atoms with Gasteiger partial charge in [-0.05, 0) is 31.5 Å². The number of aliphatic hydroxyl groups excluding tert-OH is 1. The lowest BCUT2D eigenvalue weighted by Crippen LogP contribution is -2.02. The molecule has 2 aromatic rings. The van der Waals surface area contributed by atoms with Gasteiger partial charge in [0, 0.05) is 12.0 Å². The van der Waals surface area contributed by atoms with Gasteiger partial charge in [-0.15, -0.1) is 0 Å². The second kappa shape index (κ2) is 6.47. The van der Waals surface area contributed by atoms with Gasteiger partial charge in [-0.3, -0.25) is 0 Å². The first kappa shape index (κ1) is 14.5. The minimum Gasteiger partial charge on any atom is -0.483 e. The molecule has 0 saturated carbocycles. The van der Waals surface area contributed by atoms with Crippen molar-refractivity contribution in [2.24, 2.45) is 0 Å². The standard InChI is InChI=1S/C14H17FN2O3/c1-3-4-13-16-14(20-17-13)8-19-12-6-5-10(15)7-11(12)9(2)18/h5-7,9,18H,3-4,8H2,1-2H3. The lowest BCUT2D eigenvalue weighted by Gasteiger charge is -2.12. The molecule has 5 nitrogen and oxygen atoms in total. The maximum absolute atomic E-state index is 13.2. The van der Waals surface area contributed by atoms with Crippen molar-refractivity contribution in [3.8, 4) is 5.75 Å². The van der Waals surface area contributed by atoms with Crippen molar-refractivity contribution in [1.29, 1.82) is 0 Å². The molecule has 0 fully saturated rings. The Morgan fingerprint density at radius 3 is 2.95 bits per heavy atom. The molecule has 1 N–H and O–H groups in total. The van der Waals surface area contributed by atoms with E-state index in [4.69, 9.17) is 9.26 Å². The van der Waals surface area contributed by atoms with Crippen molar-refractivity contribution in [2.45, 2.75) is 39.4 Å². The SMILES string of the molecule is CCCc1noc(COc2ccc(F)cc2C(C)O)n1. The second-order valence-electron chi connectivity index (χ2n) is 4.50. The van der Waals surface area contributed by atoms with Gasteiger partial charge in [0.15, 0.2) is 12.4 Å². The van der Waals surface area contributed by atoms with Crippen molar-refractivity contribution in [1.82, 2.24) is 10.1 Å². The average Bonchev–Trinajstić information content (AvgIpc) is 2.85. The van der Waals surface area contributed by atoms with Crippen molar-refractivity contribution in [3.63, 3.8) is 0 Å². The minimum atomic E-state index is -0.820. The Morgan fingerprint density at radius 2 is 2.25 bits per heavy atom. The number of aliphatic hydroxyl groups is 1. The summed E-state index contributed by atoms with van der Waals surface area (Å²) in [5, 5.41) is 13.4. The molecule has 6 heteroatoms. The summed E-state index contributed by atoms with van der Waals surface area (Å²) in [6, 6.07) is 3.99. The van der Waals surface area contributed by atoms with E-state index in [1.165, 1.54) is 18.2 Å². The third-order valence-corrected chi connectivity index (χ3v) is 2.76. The molecule has 0 aliphatic heterocycles. The normalized spacial score (nSPS) is 12.4. The summed E-state index contributed by atoms with van der Waals surface area (Å²) in [6.45, 7) is 3.66. The Morgan fingerprint density at radius 1 is 1.45 bits per heavy atom. The summed E-state index contributed by atoms with van der Waals surface area (Å²) in [5.74, 6) is 0.975. The first-order chi connectivity index (χ1) is 9.60. The predicted molar refractivity (Wildman–Crippen MR) is 69.7 cm³/mol. The van der Waals surface area contributed by atoms with Crippen LogP contribution in [0.3, 0.4) is 0 Å². The summed E-state index contributed by atoms with van der Waals surface area (Å²) in [5.41, 5.74) is 0.387. The van der Waals surface area contributed by atoms with Gasteiger partial charge in [0.05, 0.1) is 6.10 Å². The van der Waals surface area contributed by atoms with Crippen LogP contribution in [0.2, 0.25) is 0 Å². The molecule has 1 aromatic carbocycles. The third-order valence-electron chi connectivity index (χ3n) is 2.76. The van der Waals surface area contributed by atoms with Gasteiger partial charge in [0.1, 0.15) is 11.6 Å². The molecular weight excluding hydrogens is 263 g/mol. The second-order valence-corrected chi connectivity index (χ2v) is 4.50. The highest BCUT2D eigenvalue weighted by Crippen LogP contribution is 2.26. The van der Waals surface area contributed by atoms with Crippen LogP contribution in [0.25, 0.3) is 0 Å². The van der Waals surface area contributed by atoms with E-state index in [0.717, 1.165) is 12.8 Å². The quantitative estimate of drug-likeness (QED) is 0.881. The van der Waals surface area contributed by atoms with E-state index in [1.54, 1.807) is 6.92 Å². The highest BCUT2D eigenvalue weighted by atomic mass is 19.1. The van der Waals surface area contributed by atoms with Crippen LogP contribution in [0.5, 0.6) is 5.75 Å². The highest BCUT2D eigenvalue weighted by molar-refractivity contribution is 5.35. The number of nitrogens with zero attached hydrogens (tertiary/aromatic N) is 2. The van der Waals surface area contributed by atoms with Crippen LogP contribution in [0.15, 0.2) is 22.7 Å². The van der Waals surface area contributed by atoms with E-state index in [2.05, 4.69) is 10.1 Å². The van der Waals surface area contributed by atoms with Gasteiger partial charge in [-0.25, -0.2) is 4.39 Å². The third kappa shape index (κ3) is 3.54. The molecule has 1 unspecified atom stereocenters. The fourth-order valence-corrected chi connectivity index (χ4v) is 1.79. The number of ether oxygens (including phenoxy) is 1. The van der Waals surface area contributed by atoms with Crippen LogP contribution < -0.4 is 4.74 Å². The molecule has 0 saturated heterocycles. The molecule has 108 valence electrons. The van der Waals surface area contributed by atoms with Crippen molar-refractivity contribution < 1.29 is 18.8 Å². The maximum atomic E-state index is 13.2. The fraction of sp³-hybridized carbons (Fsp3) is 0.429. The lowest BCUT2D eigenvalue weighted by molar-refractivity contribution is 0.184. The number of aromatic nitrogens is 2. The smallest absolute Gasteiger partial charge is 0.264 e. The number of rotatable bonds is 6. The zero-order chi connectivity index (χ0) is 14.5. The van der Waals surface area contributed by atoms with Crippen LogP contribution in [-0.2, 0) is 13.0 Å². The summed E-state index contributed by atoms with van der Waals surface area (Å²) >= 11 is 0. The van der Waals surface area contributed by atoms with E-state index in [1.807, 2.05) is 6.92 Å². The molecule has 1 aromatic heterocycles. The molecule has 0 spiro atoms. The van der Waals surface area contributed by atoms with Gasteiger partial charge in [-0.2, -0.15) is 4.98 Å². The van der Waals surface area contributed by atoms with Crippen LogP contribution in [0.1, 0.15) is 43.7 Å². The van der Waals surface area contributed by atoms with E-state index < -0.39 is 11.9 Å². The van der Waals surface area contributed by atoms with Crippen molar-refractivity contribution in [2.75, 3.05) is 0 Å². The largest absolute Gasteiger partial charge is 0.483 e. The summed E-state index contributed by atoms with van der Waals surface area (Å²) in [7, 11) is 0. The van der Waals surface area contributed by atoms with Crippen molar-refractivity contribution in [3.05, 3.63) is 41.3 Å². The fourth-order valence-electron chi connectivity index (χ4n) is 1.79. The number of hydrogen-bond donors (Lipinski definition) is 1. The number of aryl methyl sites for hydroxylation is 1. The number of benzene rings is 1. The molecule has 1 atom stereocenters. The molecular formula is C14H17FN2O3. The molecule has 0 radical (unpaired) electrons. The number of hydrogen-bond acceptors (Lipinski definition) is 5. The van der Waals surface area contributed by atoms with Crippen LogP contribution in [-0.4, -0.2) is 15.2 Å². The highest BCUT2D eigenvalue weighted by Gasteiger charge is 2.12. The molecule has 0 bridgehead atoms.